The number of nitrogens with zero attached hydrogens (tertiary/aromatic N) is 1. The molecule has 1 saturated heterocycles. The Morgan fingerprint density at radius 2 is 2.33 bits per heavy atom. The largest absolute Gasteiger partial charge is 0.377 e. The van der Waals surface area contributed by atoms with Crippen LogP contribution in [0.1, 0.15) is 12.5 Å². The third kappa shape index (κ3) is 3.71. The van der Waals surface area contributed by atoms with Crippen molar-refractivity contribution in [2.24, 2.45) is 0 Å². The summed E-state index contributed by atoms with van der Waals surface area (Å²) in [6, 6.07) is 4.31. The SMILES string of the molecule is CCNCc1cc(F)ccc1N1CCOCC1C(=O)NC. The summed E-state index contributed by atoms with van der Waals surface area (Å²) in [7, 11) is 1.61. The molecule has 0 saturated carbocycles. The van der Waals surface area contributed by atoms with E-state index in [0.29, 0.717) is 26.3 Å². The van der Waals surface area contributed by atoms with Crippen LogP contribution in [0.4, 0.5) is 10.1 Å². The first kappa shape index (κ1) is 15.7. The van der Waals surface area contributed by atoms with E-state index in [4.69, 9.17) is 4.74 Å². The van der Waals surface area contributed by atoms with E-state index in [0.717, 1.165) is 17.8 Å². The van der Waals surface area contributed by atoms with Gasteiger partial charge in [-0.05, 0) is 30.3 Å². The van der Waals surface area contributed by atoms with Gasteiger partial charge in [0.15, 0.2) is 0 Å². The topological polar surface area (TPSA) is 53.6 Å². The van der Waals surface area contributed by atoms with Crippen LogP contribution in [0, 0.1) is 5.82 Å². The van der Waals surface area contributed by atoms with Crippen LogP contribution in [-0.2, 0) is 16.1 Å². The number of anilines is 1. The van der Waals surface area contributed by atoms with Crippen LogP contribution in [-0.4, -0.2) is 45.3 Å². The first-order valence-electron chi connectivity index (χ1n) is 7.22. The minimum Gasteiger partial charge on any atom is -0.377 e. The molecule has 2 N–H and O–H groups in total. The molecular formula is C15H22FN3O2. The minimum absolute atomic E-state index is 0.0894. The van der Waals surface area contributed by atoms with Crippen molar-refractivity contribution >= 4 is 11.6 Å². The predicted octanol–water partition coefficient (Wildman–Crippen LogP) is 0.886. The zero-order valence-electron chi connectivity index (χ0n) is 12.5. The van der Waals surface area contributed by atoms with E-state index in [9.17, 15) is 9.18 Å². The van der Waals surface area contributed by atoms with E-state index in [1.54, 1.807) is 13.1 Å². The van der Waals surface area contributed by atoms with Gasteiger partial charge in [0, 0.05) is 25.8 Å². The van der Waals surface area contributed by atoms with Crippen molar-refractivity contribution < 1.29 is 13.9 Å². The molecule has 2 rings (SSSR count). The van der Waals surface area contributed by atoms with Crippen molar-refractivity contribution in [3.8, 4) is 0 Å². The van der Waals surface area contributed by atoms with Crippen LogP contribution in [0.3, 0.4) is 0 Å². The fourth-order valence-corrected chi connectivity index (χ4v) is 2.51. The maximum atomic E-state index is 13.5. The second-order valence-corrected chi connectivity index (χ2v) is 4.95. The number of halogens is 1. The van der Waals surface area contributed by atoms with Crippen LogP contribution in [0.15, 0.2) is 18.2 Å². The van der Waals surface area contributed by atoms with Crippen LogP contribution in [0.5, 0.6) is 0 Å². The number of morpholine rings is 1. The van der Waals surface area contributed by atoms with Gasteiger partial charge < -0.3 is 20.3 Å². The Hall–Kier alpha value is -1.66. The molecule has 1 aromatic carbocycles. The third-order valence-electron chi connectivity index (χ3n) is 3.59. The van der Waals surface area contributed by atoms with E-state index >= 15 is 0 Å². The number of amides is 1. The predicted molar refractivity (Wildman–Crippen MR) is 79.8 cm³/mol. The van der Waals surface area contributed by atoms with Crippen LogP contribution < -0.4 is 15.5 Å². The van der Waals surface area contributed by atoms with Crippen molar-refractivity contribution in [1.29, 1.82) is 0 Å². The highest BCUT2D eigenvalue weighted by atomic mass is 19.1. The van der Waals surface area contributed by atoms with Crippen LogP contribution in [0.2, 0.25) is 0 Å². The van der Waals surface area contributed by atoms with Gasteiger partial charge in [-0.15, -0.1) is 0 Å². The average Bonchev–Trinajstić information content (AvgIpc) is 2.52. The van der Waals surface area contributed by atoms with Gasteiger partial charge in [0.2, 0.25) is 5.91 Å². The Bertz CT molecular complexity index is 496. The number of carbonyl (C=O) groups excluding carboxylic acids is 1. The molecule has 6 heteroatoms. The summed E-state index contributed by atoms with van der Waals surface area (Å²) >= 11 is 0. The van der Waals surface area contributed by atoms with E-state index in [1.807, 2.05) is 11.8 Å². The zero-order chi connectivity index (χ0) is 15.2. The molecule has 1 aliphatic heterocycles. The Morgan fingerprint density at radius 3 is 3.05 bits per heavy atom. The molecule has 0 radical (unpaired) electrons. The minimum atomic E-state index is -0.380. The lowest BCUT2D eigenvalue weighted by atomic mass is 10.1. The number of carbonyl (C=O) groups is 1. The Labute approximate surface area is 124 Å². The average molecular weight is 295 g/mol. The zero-order valence-corrected chi connectivity index (χ0v) is 12.5. The molecule has 1 aromatic rings. The molecule has 5 nitrogen and oxygen atoms in total. The maximum Gasteiger partial charge on any atom is 0.244 e. The molecule has 1 atom stereocenters. The lowest BCUT2D eigenvalue weighted by Crippen LogP contribution is -2.53. The third-order valence-corrected chi connectivity index (χ3v) is 3.59. The lowest BCUT2D eigenvalue weighted by molar-refractivity contribution is -0.124. The number of nitrogens with one attached hydrogen (secondary N) is 2. The van der Waals surface area contributed by atoms with E-state index in [1.165, 1.54) is 12.1 Å². The van der Waals surface area contributed by atoms with Crippen LogP contribution >= 0.6 is 0 Å². The number of benzene rings is 1. The van der Waals surface area contributed by atoms with Crippen molar-refractivity contribution in [1.82, 2.24) is 10.6 Å². The van der Waals surface area contributed by atoms with Gasteiger partial charge in [-0.3, -0.25) is 4.79 Å². The molecule has 21 heavy (non-hydrogen) atoms. The standard InChI is InChI=1S/C15H22FN3O2/c1-3-18-9-11-8-12(16)4-5-13(11)19-6-7-21-10-14(19)15(20)17-2/h4-5,8,14,18H,3,6-7,9-10H2,1-2H3,(H,17,20). The monoisotopic (exact) mass is 295 g/mol. The summed E-state index contributed by atoms with van der Waals surface area (Å²) in [5, 5.41) is 5.86. The highest BCUT2D eigenvalue weighted by Crippen LogP contribution is 2.25. The smallest absolute Gasteiger partial charge is 0.244 e. The number of likely N-dealkylation sites (N-methyl/N-ethyl adjacent to an activating group) is 1. The first-order valence-corrected chi connectivity index (χ1v) is 7.22. The maximum absolute atomic E-state index is 13.5. The molecule has 1 heterocycles. The highest BCUT2D eigenvalue weighted by molar-refractivity contribution is 5.85. The number of hydrogen-bond acceptors (Lipinski definition) is 4. The number of hydrogen-bond donors (Lipinski definition) is 2. The van der Waals surface area contributed by atoms with Crippen molar-refractivity contribution in [2.45, 2.75) is 19.5 Å². The highest BCUT2D eigenvalue weighted by Gasteiger charge is 2.30. The molecular weight excluding hydrogens is 273 g/mol. The van der Waals surface area contributed by atoms with Gasteiger partial charge in [0.05, 0.1) is 13.2 Å². The molecule has 1 amide bonds. The van der Waals surface area contributed by atoms with Gasteiger partial charge in [-0.1, -0.05) is 6.92 Å². The molecule has 0 spiro atoms. The number of ether oxygens (including phenoxy) is 1. The summed E-state index contributed by atoms with van der Waals surface area (Å²) in [5.74, 6) is -0.357. The second kappa shape index (κ2) is 7.38. The summed E-state index contributed by atoms with van der Waals surface area (Å²) < 4.78 is 18.9. The fraction of sp³-hybridized carbons (Fsp3) is 0.533. The molecule has 1 fully saturated rings. The quantitative estimate of drug-likeness (QED) is 0.847. The first-order chi connectivity index (χ1) is 10.2. The fourth-order valence-electron chi connectivity index (χ4n) is 2.51. The van der Waals surface area contributed by atoms with Crippen molar-refractivity contribution in [2.75, 3.05) is 38.3 Å². The Kier molecular flexibility index (Phi) is 5.52. The summed E-state index contributed by atoms with van der Waals surface area (Å²) in [6.07, 6.45) is 0. The molecule has 1 aliphatic rings. The van der Waals surface area contributed by atoms with Gasteiger partial charge in [0.1, 0.15) is 11.9 Å². The normalized spacial score (nSPS) is 18.6. The summed E-state index contributed by atoms with van der Waals surface area (Å²) in [4.78, 5) is 14.0. The van der Waals surface area contributed by atoms with Gasteiger partial charge in [0.25, 0.3) is 0 Å². The lowest BCUT2D eigenvalue weighted by Gasteiger charge is -2.37. The number of rotatable bonds is 5. The van der Waals surface area contributed by atoms with Crippen molar-refractivity contribution in [3.05, 3.63) is 29.6 Å². The van der Waals surface area contributed by atoms with E-state index < -0.39 is 0 Å². The Balaban J connectivity index is 2.30. The van der Waals surface area contributed by atoms with E-state index in [-0.39, 0.29) is 17.8 Å². The summed E-state index contributed by atoms with van der Waals surface area (Å²) in [6.45, 7) is 4.90. The summed E-state index contributed by atoms with van der Waals surface area (Å²) in [5.41, 5.74) is 1.74. The molecule has 1 unspecified atom stereocenters. The molecule has 0 aliphatic carbocycles. The van der Waals surface area contributed by atoms with Gasteiger partial charge in [-0.2, -0.15) is 0 Å². The van der Waals surface area contributed by atoms with Gasteiger partial charge >= 0.3 is 0 Å². The van der Waals surface area contributed by atoms with Crippen LogP contribution in [0.25, 0.3) is 0 Å². The van der Waals surface area contributed by atoms with Crippen molar-refractivity contribution in [3.63, 3.8) is 0 Å². The molecule has 0 bridgehead atoms. The Morgan fingerprint density at radius 1 is 1.52 bits per heavy atom. The van der Waals surface area contributed by atoms with E-state index in [2.05, 4.69) is 10.6 Å². The molecule has 0 aromatic heterocycles. The second-order valence-electron chi connectivity index (χ2n) is 4.95. The van der Waals surface area contributed by atoms with Gasteiger partial charge in [-0.25, -0.2) is 4.39 Å². The molecule has 116 valence electrons.